The van der Waals surface area contributed by atoms with Gasteiger partial charge in [0.1, 0.15) is 13.2 Å². The molecule has 0 bridgehead atoms. The lowest BCUT2D eigenvalue weighted by molar-refractivity contribution is -0.121. The molecule has 1 amide bonds. The van der Waals surface area contributed by atoms with E-state index in [1.165, 1.54) is 35.2 Å². The number of carbonyl (C=O) groups is 2. The van der Waals surface area contributed by atoms with E-state index in [0.717, 1.165) is 0 Å². The van der Waals surface area contributed by atoms with Crippen molar-refractivity contribution in [1.29, 1.82) is 0 Å². The molecule has 0 saturated heterocycles. The van der Waals surface area contributed by atoms with Gasteiger partial charge in [-0.3, -0.25) is 9.52 Å². The van der Waals surface area contributed by atoms with Crippen molar-refractivity contribution in [2.75, 3.05) is 36.5 Å². The molecule has 0 saturated carbocycles. The number of ether oxygens (including phenoxy) is 3. The van der Waals surface area contributed by atoms with E-state index in [1.807, 2.05) is 6.07 Å². The van der Waals surface area contributed by atoms with Crippen molar-refractivity contribution in [1.82, 2.24) is 0 Å². The molecule has 0 atom stereocenters. The van der Waals surface area contributed by atoms with Gasteiger partial charge in [0.25, 0.3) is 15.9 Å². The van der Waals surface area contributed by atoms with E-state index in [1.54, 1.807) is 43.4 Å². The smallest absolute Gasteiger partial charge is 0.340 e. The summed E-state index contributed by atoms with van der Waals surface area (Å²) in [7, 11) is -2.48. The van der Waals surface area contributed by atoms with Gasteiger partial charge in [0.05, 0.1) is 16.1 Å². The Morgan fingerprint density at radius 1 is 0.941 bits per heavy atom. The zero-order valence-electron chi connectivity index (χ0n) is 18.3. The van der Waals surface area contributed by atoms with Crippen LogP contribution in [0.1, 0.15) is 10.4 Å². The minimum atomic E-state index is -4.05. The number of hydrogen-bond donors (Lipinski definition) is 1. The second-order valence-electron chi connectivity index (χ2n) is 7.32. The maximum absolute atomic E-state index is 13.0. The van der Waals surface area contributed by atoms with Crippen molar-refractivity contribution in [2.24, 2.45) is 0 Å². The van der Waals surface area contributed by atoms with E-state index >= 15 is 0 Å². The SMILES string of the molecule is CN(C(=O)COC(=O)c1ccccc1NS(=O)(=O)c1ccc2c(c1)OCCO2)c1ccccc1. The molecule has 0 aromatic heterocycles. The number of fused-ring (bicyclic) bond motifs is 1. The highest BCUT2D eigenvalue weighted by Gasteiger charge is 2.23. The topological polar surface area (TPSA) is 111 Å². The van der Waals surface area contributed by atoms with Crippen LogP contribution in [0.2, 0.25) is 0 Å². The Bertz CT molecular complexity index is 1310. The number of benzene rings is 3. The van der Waals surface area contributed by atoms with Crippen LogP contribution in [0.15, 0.2) is 77.7 Å². The number of likely N-dealkylation sites (N-methyl/N-ethyl adjacent to an activating group) is 1. The molecule has 10 heteroatoms. The lowest BCUT2D eigenvalue weighted by Gasteiger charge is -2.19. The average Bonchev–Trinajstić information content (AvgIpc) is 2.87. The predicted octanol–water partition coefficient (Wildman–Crippen LogP) is 3.08. The molecule has 0 radical (unpaired) electrons. The molecule has 1 aliphatic heterocycles. The van der Waals surface area contributed by atoms with Gasteiger partial charge in [-0.2, -0.15) is 0 Å². The first-order valence-corrected chi connectivity index (χ1v) is 11.8. The highest BCUT2D eigenvalue weighted by Crippen LogP contribution is 2.33. The number of rotatable bonds is 7. The van der Waals surface area contributed by atoms with Gasteiger partial charge in [0, 0.05) is 18.8 Å². The van der Waals surface area contributed by atoms with Gasteiger partial charge in [-0.05, 0) is 36.4 Å². The van der Waals surface area contributed by atoms with Crippen molar-refractivity contribution < 1.29 is 32.2 Å². The number of amides is 1. The summed E-state index contributed by atoms with van der Waals surface area (Å²) in [6.45, 7) is 0.195. The number of nitrogens with one attached hydrogen (secondary N) is 1. The molecule has 0 spiro atoms. The predicted molar refractivity (Wildman–Crippen MR) is 125 cm³/mol. The molecular formula is C24H22N2O7S. The van der Waals surface area contributed by atoms with Crippen LogP contribution in [0.25, 0.3) is 0 Å². The van der Waals surface area contributed by atoms with Gasteiger partial charge in [-0.15, -0.1) is 0 Å². The molecule has 0 aliphatic carbocycles. The second-order valence-corrected chi connectivity index (χ2v) is 9.00. The fourth-order valence-corrected chi connectivity index (χ4v) is 4.34. The summed E-state index contributed by atoms with van der Waals surface area (Å²) in [5, 5.41) is 0. The molecule has 9 nitrogen and oxygen atoms in total. The third-order valence-electron chi connectivity index (χ3n) is 5.06. The summed E-state index contributed by atoms with van der Waals surface area (Å²) < 4.78 is 44.3. The van der Waals surface area contributed by atoms with Crippen LogP contribution >= 0.6 is 0 Å². The third-order valence-corrected chi connectivity index (χ3v) is 6.42. The first-order valence-electron chi connectivity index (χ1n) is 10.4. The Kier molecular flexibility index (Phi) is 6.69. The Balaban J connectivity index is 1.47. The Labute approximate surface area is 196 Å². The average molecular weight is 483 g/mol. The lowest BCUT2D eigenvalue weighted by atomic mass is 10.2. The fourth-order valence-electron chi connectivity index (χ4n) is 3.24. The highest BCUT2D eigenvalue weighted by atomic mass is 32.2. The summed E-state index contributed by atoms with van der Waals surface area (Å²) >= 11 is 0. The first kappa shape index (κ1) is 23.1. The van der Waals surface area contributed by atoms with E-state index < -0.39 is 28.5 Å². The van der Waals surface area contributed by atoms with Gasteiger partial charge in [-0.1, -0.05) is 30.3 Å². The van der Waals surface area contributed by atoms with Crippen LogP contribution in [0.3, 0.4) is 0 Å². The van der Waals surface area contributed by atoms with Crippen molar-refractivity contribution in [3.63, 3.8) is 0 Å². The zero-order chi connectivity index (χ0) is 24.1. The van der Waals surface area contributed by atoms with E-state index in [-0.39, 0.29) is 16.1 Å². The molecule has 1 N–H and O–H groups in total. The molecule has 3 aromatic carbocycles. The van der Waals surface area contributed by atoms with E-state index in [4.69, 9.17) is 14.2 Å². The molecule has 0 fully saturated rings. The van der Waals surface area contributed by atoms with Crippen molar-refractivity contribution in [3.8, 4) is 11.5 Å². The number of hydrogen-bond acceptors (Lipinski definition) is 7. The molecule has 176 valence electrons. The maximum Gasteiger partial charge on any atom is 0.340 e. The molecule has 0 unspecified atom stereocenters. The van der Waals surface area contributed by atoms with Crippen molar-refractivity contribution in [3.05, 3.63) is 78.4 Å². The summed E-state index contributed by atoms with van der Waals surface area (Å²) in [6.07, 6.45) is 0. The quantitative estimate of drug-likeness (QED) is 0.515. The van der Waals surface area contributed by atoms with Crippen LogP contribution in [0.5, 0.6) is 11.5 Å². The van der Waals surface area contributed by atoms with Gasteiger partial charge in [0.2, 0.25) is 0 Å². The van der Waals surface area contributed by atoms with Crippen LogP contribution in [-0.2, 0) is 19.6 Å². The van der Waals surface area contributed by atoms with Crippen LogP contribution in [-0.4, -0.2) is 47.2 Å². The number of sulfonamides is 1. The fraction of sp³-hybridized carbons (Fsp3) is 0.167. The number of nitrogens with zero attached hydrogens (tertiary/aromatic N) is 1. The Morgan fingerprint density at radius 3 is 2.38 bits per heavy atom. The largest absolute Gasteiger partial charge is 0.486 e. The number of anilines is 2. The Hall–Kier alpha value is -4.05. The molecule has 4 rings (SSSR count). The third kappa shape index (κ3) is 5.12. The van der Waals surface area contributed by atoms with Crippen molar-refractivity contribution >= 4 is 33.3 Å². The number of carbonyl (C=O) groups excluding carboxylic acids is 2. The second kappa shape index (κ2) is 9.84. The minimum absolute atomic E-state index is 0.0197. The van der Waals surface area contributed by atoms with Gasteiger partial charge < -0.3 is 19.1 Å². The standard InChI is InChI=1S/C24H22N2O7S/c1-26(17-7-3-2-4-8-17)23(27)16-33-24(28)19-9-5-6-10-20(19)25-34(29,30)18-11-12-21-22(15-18)32-14-13-31-21/h2-12,15,25H,13-14,16H2,1H3. The van der Waals surface area contributed by atoms with E-state index in [9.17, 15) is 18.0 Å². The summed E-state index contributed by atoms with van der Waals surface area (Å²) in [5.74, 6) is -0.494. The zero-order valence-corrected chi connectivity index (χ0v) is 19.1. The number of para-hydroxylation sites is 2. The van der Waals surface area contributed by atoms with Crippen LogP contribution in [0.4, 0.5) is 11.4 Å². The van der Waals surface area contributed by atoms with Gasteiger partial charge in [-0.25, -0.2) is 13.2 Å². The van der Waals surface area contributed by atoms with Gasteiger partial charge in [0.15, 0.2) is 18.1 Å². The van der Waals surface area contributed by atoms with E-state index in [0.29, 0.717) is 30.4 Å². The maximum atomic E-state index is 13.0. The first-order chi connectivity index (χ1) is 16.3. The summed E-state index contributed by atoms with van der Waals surface area (Å²) in [6, 6.07) is 19.1. The normalized spacial score (nSPS) is 12.5. The van der Waals surface area contributed by atoms with E-state index in [2.05, 4.69) is 4.72 Å². The summed E-state index contributed by atoms with van der Waals surface area (Å²) in [4.78, 5) is 26.4. The number of esters is 1. The molecular weight excluding hydrogens is 460 g/mol. The van der Waals surface area contributed by atoms with Crippen LogP contribution < -0.4 is 19.1 Å². The van der Waals surface area contributed by atoms with Gasteiger partial charge >= 0.3 is 5.97 Å². The summed E-state index contributed by atoms with van der Waals surface area (Å²) in [5.41, 5.74) is 0.640. The molecule has 1 heterocycles. The highest BCUT2D eigenvalue weighted by molar-refractivity contribution is 7.92. The molecule has 3 aromatic rings. The Morgan fingerprint density at radius 2 is 1.62 bits per heavy atom. The van der Waals surface area contributed by atoms with Crippen LogP contribution in [0, 0.1) is 0 Å². The minimum Gasteiger partial charge on any atom is -0.486 e. The molecule has 34 heavy (non-hydrogen) atoms. The molecule has 1 aliphatic rings. The van der Waals surface area contributed by atoms with Crippen molar-refractivity contribution in [2.45, 2.75) is 4.90 Å². The monoisotopic (exact) mass is 482 g/mol. The lowest BCUT2D eigenvalue weighted by Crippen LogP contribution is -2.31.